The maximum atomic E-state index is 9.44. The lowest BCUT2D eigenvalue weighted by Gasteiger charge is -2.35. The monoisotopic (exact) mass is 262 g/mol. The number of rotatable bonds is 6. The van der Waals surface area contributed by atoms with Gasteiger partial charge >= 0.3 is 0 Å². The molecule has 19 heavy (non-hydrogen) atoms. The van der Waals surface area contributed by atoms with E-state index in [1.165, 1.54) is 31.2 Å². The Kier molecular flexibility index (Phi) is 5.67. The van der Waals surface area contributed by atoms with Gasteiger partial charge in [0.1, 0.15) is 5.75 Å². The van der Waals surface area contributed by atoms with E-state index in [2.05, 4.69) is 29.3 Å². The Balaban J connectivity index is 2.05. The van der Waals surface area contributed by atoms with Crippen LogP contribution in [0.2, 0.25) is 0 Å². The number of phenolic OH excluding ortho intramolecular Hbond substituents is 1. The number of hydrogen-bond donors (Lipinski definition) is 2. The van der Waals surface area contributed by atoms with Crippen LogP contribution < -0.4 is 5.32 Å². The summed E-state index contributed by atoms with van der Waals surface area (Å²) in [5.74, 6) is 0.358. The lowest BCUT2D eigenvalue weighted by molar-refractivity contribution is 0.162. The molecule has 1 aromatic rings. The molecule has 106 valence electrons. The van der Waals surface area contributed by atoms with Crippen LogP contribution in [0.5, 0.6) is 5.75 Å². The topological polar surface area (TPSA) is 35.5 Å². The van der Waals surface area contributed by atoms with E-state index >= 15 is 0 Å². The van der Waals surface area contributed by atoms with Gasteiger partial charge < -0.3 is 10.4 Å². The number of aromatic hydroxyl groups is 1. The van der Waals surface area contributed by atoms with Gasteiger partial charge in [0.2, 0.25) is 0 Å². The van der Waals surface area contributed by atoms with Crippen LogP contribution >= 0.6 is 0 Å². The zero-order valence-corrected chi connectivity index (χ0v) is 11.9. The summed E-state index contributed by atoms with van der Waals surface area (Å²) in [5, 5.41) is 12.9. The van der Waals surface area contributed by atoms with Gasteiger partial charge in [0.05, 0.1) is 0 Å². The molecule has 2 rings (SSSR count). The van der Waals surface area contributed by atoms with Crippen molar-refractivity contribution in [3.05, 3.63) is 29.8 Å². The summed E-state index contributed by atoms with van der Waals surface area (Å²) in [4.78, 5) is 2.58. The molecule has 3 heteroatoms. The first kappa shape index (κ1) is 14.4. The highest BCUT2D eigenvalue weighted by atomic mass is 16.3. The minimum atomic E-state index is 0.358. The van der Waals surface area contributed by atoms with Crippen molar-refractivity contribution in [1.29, 1.82) is 0 Å². The average molecular weight is 262 g/mol. The maximum absolute atomic E-state index is 9.44. The van der Waals surface area contributed by atoms with Crippen LogP contribution in [0.4, 0.5) is 0 Å². The highest BCUT2D eigenvalue weighted by molar-refractivity contribution is 5.28. The van der Waals surface area contributed by atoms with Gasteiger partial charge in [-0.2, -0.15) is 0 Å². The van der Waals surface area contributed by atoms with Crippen molar-refractivity contribution in [3.8, 4) is 5.75 Å². The molecule has 2 N–H and O–H groups in total. The van der Waals surface area contributed by atoms with Crippen LogP contribution in [0, 0.1) is 0 Å². The molecule has 0 unspecified atom stereocenters. The number of hydrogen-bond acceptors (Lipinski definition) is 3. The van der Waals surface area contributed by atoms with E-state index in [-0.39, 0.29) is 0 Å². The largest absolute Gasteiger partial charge is 0.508 e. The second-order valence-corrected chi connectivity index (χ2v) is 5.39. The number of nitrogens with zero attached hydrogens (tertiary/aromatic N) is 1. The second-order valence-electron chi connectivity index (χ2n) is 5.39. The molecule has 1 aromatic carbocycles. The molecule has 0 bridgehead atoms. The second kappa shape index (κ2) is 7.51. The van der Waals surface area contributed by atoms with E-state index in [0.29, 0.717) is 11.8 Å². The van der Waals surface area contributed by atoms with Gasteiger partial charge in [0.15, 0.2) is 0 Å². The molecule has 1 aliphatic rings. The van der Waals surface area contributed by atoms with Gasteiger partial charge in [-0.3, -0.25) is 4.90 Å². The highest BCUT2D eigenvalue weighted by Gasteiger charge is 2.21. The number of nitrogens with one attached hydrogen (secondary N) is 1. The number of phenols is 1. The Labute approximate surface area is 116 Å². The molecule has 0 radical (unpaired) electrons. The molecule has 0 aromatic heterocycles. The third-order valence-corrected chi connectivity index (χ3v) is 3.95. The lowest BCUT2D eigenvalue weighted by atomic mass is 9.98. The van der Waals surface area contributed by atoms with Gasteiger partial charge in [-0.05, 0) is 24.1 Å². The zero-order chi connectivity index (χ0) is 13.5. The van der Waals surface area contributed by atoms with Gasteiger partial charge in [-0.25, -0.2) is 0 Å². The normalized spacial score (nSPS) is 18.4. The summed E-state index contributed by atoms with van der Waals surface area (Å²) >= 11 is 0. The van der Waals surface area contributed by atoms with Gasteiger partial charge in [0.25, 0.3) is 0 Å². The fraction of sp³-hybridized carbons (Fsp3) is 0.625. The van der Waals surface area contributed by atoms with Crippen molar-refractivity contribution in [2.24, 2.45) is 0 Å². The Hall–Kier alpha value is -1.06. The van der Waals surface area contributed by atoms with Crippen molar-refractivity contribution in [2.75, 3.05) is 26.2 Å². The highest BCUT2D eigenvalue weighted by Crippen LogP contribution is 2.28. The van der Waals surface area contributed by atoms with Crippen molar-refractivity contribution in [3.63, 3.8) is 0 Å². The Bertz CT molecular complexity index is 358. The minimum Gasteiger partial charge on any atom is -0.508 e. The van der Waals surface area contributed by atoms with E-state index < -0.39 is 0 Å². The minimum absolute atomic E-state index is 0.358. The molecule has 3 nitrogen and oxygen atoms in total. The standard InChI is InChI=1S/C16H26N2O/c1-2-3-4-5-16(18-12-10-17-11-13-18)14-6-8-15(19)9-7-14/h6-9,16-17,19H,2-5,10-13H2,1H3/t16-/m0/s1. The Morgan fingerprint density at radius 3 is 2.47 bits per heavy atom. The van der Waals surface area contributed by atoms with E-state index in [1.807, 2.05) is 12.1 Å². The van der Waals surface area contributed by atoms with Crippen LogP contribution in [-0.2, 0) is 0 Å². The van der Waals surface area contributed by atoms with Crippen LogP contribution in [0.25, 0.3) is 0 Å². The van der Waals surface area contributed by atoms with Crippen LogP contribution in [-0.4, -0.2) is 36.2 Å². The van der Waals surface area contributed by atoms with Gasteiger partial charge in [0, 0.05) is 32.2 Å². The van der Waals surface area contributed by atoms with E-state index in [0.717, 1.165) is 26.2 Å². The SMILES string of the molecule is CCCCC[C@@H](c1ccc(O)cc1)N1CCNCC1. The van der Waals surface area contributed by atoms with Gasteiger partial charge in [-0.1, -0.05) is 38.3 Å². The predicted molar refractivity (Wildman–Crippen MR) is 79.4 cm³/mol. The summed E-state index contributed by atoms with van der Waals surface area (Å²) in [7, 11) is 0. The first-order valence-electron chi connectivity index (χ1n) is 7.55. The predicted octanol–water partition coefficient (Wildman–Crippen LogP) is 2.92. The van der Waals surface area contributed by atoms with Crippen molar-refractivity contribution in [1.82, 2.24) is 10.2 Å². The number of unbranched alkanes of at least 4 members (excludes halogenated alkanes) is 2. The fourth-order valence-corrected chi connectivity index (χ4v) is 2.84. The Morgan fingerprint density at radius 2 is 1.84 bits per heavy atom. The molecule has 0 amide bonds. The molecular weight excluding hydrogens is 236 g/mol. The molecule has 1 fully saturated rings. The van der Waals surface area contributed by atoms with Crippen LogP contribution in [0.3, 0.4) is 0 Å². The average Bonchev–Trinajstić information content (AvgIpc) is 2.46. The first-order valence-corrected chi connectivity index (χ1v) is 7.55. The molecule has 0 spiro atoms. The van der Waals surface area contributed by atoms with Crippen molar-refractivity contribution in [2.45, 2.75) is 38.6 Å². The third-order valence-electron chi connectivity index (χ3n) is 3.95. The number of piperazine rings is 1. The number of benzene rings is 1. The molecule has 1 aliphatic heterocycles. The first-order chi connectivity index (χ1) is 9.31. The quantitative estimate of drug-likeness (QED) is 0.774. The molecule has 1 saturated heterocycles. The van der Waals surface area contributed by atoms with Crippen LogP contribution in [0.15, 0.2) is 24.3 Å². The van der Waals surface area contributed by atoms with E-state index in [1.54, 1.807) is 0 Å². The molecule has 0 saturated carbocycles. The fourth-order valence-electron chi connectivity index (χ4n) is 2.84. The molecule has 1 heterocycles. The van der Waals surface area contributed by atoms with E-state index in [9.17, 15) is 5.11 Å². The third kappa shape index (κ3) is 4.22. The summed E-state index contributed by atoms with van der Waals surface area (Å²) in [6.07, 6.45) is 5.08. The van der Waals surface area contributed by atoms with E-state index in [4.69, 9.17) is 0 Å². The maximum Gasteiger partial charge on any atom is 0.115 e. The van der Waals surface area contributed by atoms with Gasteiger partial charge in [-0.15, -0.1) is 0 Å². The molecular formula is C16H26N2O. The lowest BCUT2D eigenvalue weighted by Crippen LogP contribution is -2.45. The molecule has 0 aliphatic carbocycles. The van der Waals surface area contributed by atoms with Crippen molar-refractivity contribution < 1.29 is 5.11 Å². The van der Waals surface area contributed by atoms with Crippen molar-refractivity contribution >= 4 is 0 Å². The van der Waals surface area contributed by atoms with Crippen LogP contribution in [0.1, 0.15) is 44.2 Å². The Morgan fingerprint density at radius 1 is 1.16 bits per heavy atom. The smallest absolute Gasteiger partial charge is 0.115 e. The summed E-state index contributed by atoms with van der Waals surface area (Å²) in [6.45, 7) is 6.67. The zero-order valence-electron chi connectivity index (χ0n) is 11.9. The summed E-state index contributed by atoms with van der Waals surface area (Å²) < 4.78 is 0. The molecule has 1 atom stereocenters. The summed E-state index contributed by atoms with van der Waals surface area (Å²) in [6, 6.07) is 8.28. The summed E-state index contributed by atoms with van der Waals surface area (Å²) in [5.41, 5.74) is 1.34.